The molecule has 1 aromatic carbocycles. The molecule has 0 aliphatic rings. The van der Waals surface area contributed by atoms with Gasteiger partial charge in [-0.15, -0.1) is 0 Å². The highest BCUT2D eigenvalue weighted by atomic mass is 79.9. The number of hydrogen-bond acceptors (Lipinski definition) is 6. The standard InChI is InChI=1S/C17H19BrN4O4/c1-25-8-6-19-16(23)17(24)22-21-10-12-9-13(18)4-5-15(12)20-11-14-3-2-7-26-14/h2-5,7,9-10,20H,6,8,11H2,1H3,(H,19,23)(H,22,24)/b21-10-. The number of hydrogen-bond donors (Lipinski definition) is 3. The number of carbonyl (C=O) groups excluding carboxylic acids is 2. The molecule has 0 atom stereocenters. The van der Waals surface area contributed by atoms with Crippen LogP contribution in [0.4, 0.5) is 5.69 Å². The molecule has 0 unspecified atom stereocenters. The van der Waals surface area contributed by atoms with E-state index in [-0.39, 0.29) is 6.54 Å². The summed E-state index contributed by atoms with van der Waals surface area (Å²) in [6.07, 6.45) is 3.06. The Bertz CT molecular complexity index is 762. The zero-order valence-corrected chi connectivity index (χ0v) is 15.7. The van der Waals surface area contributed by atoms with E-state index in [9.17, 15) is 9.59 Å². The fraction of sp³-hybridized carbons (Fsp3) is 0.235. The van der Waals surface area contributed by atoms with E-state index in [1.807, 2.05) is 30.3 Å². The molecule has 3 N–H and O–H groups in total. The van der Waals surface area contributed by atoms with Crippen LogP contribution in [0.3, 0.4) is 0 Å². The van der Waals surface area contributed by atoms with Gasteiger partial charge in [-0.1, -0.05) is 15.9 Å². The summed E-state index contributed by atoms with van der Waals surface area (Å²) < 4.78 is 10.9. The summed E-state index contributed by atoms with van der Waals surface area (Å²) in [6, 6.07) is 9.26. The molecule has 0 saturated heterocycles. The van der Waals surface area contributed by atoms with Crippen molar-refractivity contribution in [1.29, 1.82) is 0 Å². The summed E-state index contributed by atoms with van der Waals surface area (Å²) in [7, 11) is 1.51. The molecule has 0 bridgehead atoms. The van der Waals surface area contributed by atoms with E-state index in [2.05, 4.69) is 37.1 Å². The SMILES string of the molecule is COCCNC(=O)C(=O)N/N=C\c1cc(Br)ccc1NCc1ccco1. The quantitative estimate of drug-likeness (QED) is 0.260. The average Bonchev–Trinajstić information content (AvgIpc) is 3.14. The Balaban J connectivity index is 1.94. The fourth-order valence-corrected chi connectivity index (χ4v) is 2.33. The topological polar surface area (TPSA) is 105 Å². The Morgan fingerprint density at radius 2 is 2.15 bits per heavy atom. The Hall–Kier alpha value is -2.65. The third-order valence-electron chi connectivity index (χ3n) is 3.21. The molecule has 8 nitrogen and oxygen atoms in total. The number of carbonyl (C=O) groups is 2. The van der Waals surface area contributed by atoms with Gasteiger partial charge in [-0.05, 0) is 30.3 Å². The van der Waals surface area contributed by atoms with Gasteiger partial charge in [0, 0.05) is 29.4 Å². The van der Waals surface area contributed by atoms with E-state index in [1.165, 1.54) is 13.3 Å². The van der Waals surface area contributed by atoms with Crippen LogP contribution in [0.1, 0.15) is 11.3 Å². The Labute approximate surface area is 159 Å². The normalized spacial score (nSPS) is 10.7. The number of methoxy groups -OCH3 is 1. The first-order chi connectivity index (χ1) is 12.6. The minimum Gasteiger partial charge on any atom is -0.467 e. The summed E-state index contributed by atoms with van der Waals surface area (Å²) in [6.45, 7) is 1.08. The van der Waals surface area contributed by atoms with Crippen LogP contribution in [0.2, 0.25) is 0 Å². The Morgan fingerprint density at radius 3 is 2.88 bits per heavy atom. The van der Waals surface area contributed by atoms with E-state index in [1.54, 1.807) is 6.26 Å². The van der Waals surface area contributed by atoms with Gasteiger partial charge in [0.05, 0.1) is 25.6 Å². The van der Waals surface area contributed by atoms with E-state index in [4.69, 9.17) is 9.15 Å². The van der Waals surface area contributed by atoms with Gasteiger partial charge in [-0.3, -0.25) is 9.59 Å². The maximum absolute atomic E-state index is 11.6. The molecule has 0 aliphatic heterocycles. The number of rotatable bonds is 8. The molecule has 1 aromatic heterocycles. The number of furan rings is 1. The van der Waals surface area contributed by atoms with Crippen LogP contribution in [0.5, 0.6) is 0 Å². The minimum atomic E-state index is -0.850. The molecule has 2 amide bonds. The number of hydrazone groups is 1. The number of halogens is 1. The Morgan fingerprint density at radius 1 is 1.31 bits per heavy atom. The average molecular weight is 423 g/mol. The second-order valence-electron chi connectivity index (χ2n) is 5.11. The van der Waals surface area contributed by atoms with E-state index >= 15 is 0 Å². The lowest BCUT2D eigenvalue weighted by molar-refractivity contribution is -0.139. The van der Waals surface area contributed by atoms with E-state index in [0.717, 1.165) is 21.5 Å². The number of anilines is 1. The van der Waals surface area contributed by atoms with Gasteiger partial charge in [0.2, 0.25) is 0 Å². The summed E-state index contributed by atoms with van der Waals surface area (Å²) >= 11 is 3.39. The number of nitrogens with one attached hydrogen (secondary N) is 3. The molecule has 26 heavy (non-hydrogen) atoms. The molecule has 1 heterocycles. The number of benzene rings is 1. The number of nitrogens with zero attached hydrogens (tertiary/aromatic N) is 1. The van der Waals surface area contributed by atoms with E-state index < -0.39 is 11.8 Å². The van der Waals surface area contributed by atoms with Crippen molar-refractivity contribution in [3.63, 3.8) is 0 Å². The highest BCUT2D eigenvalue weighted by Crippen LogP contribution is 2.20. The van der Waals surface area contributed by atoms with Crippen LogP contribution in [0.15, 0.2) is 50.6 Å². The molecule has 0 aliphatic carbocycles. The van der Waals surface area contributed by atoms with Crippen molar-refractivity contribution < 1.29 is 18.7 Å². The largest absolute Gasteiger partial charge is 0.467 e. The van der Waals surface area contributed by atoms with Crippen molar-refractivity contribution in [3.8, 4) is 0 Å². The summed E-state index contributed by atoms with van der Waals surface area (Å²) in [5, 5.41) is 9.47. The van der Waals surface area contributed by atoms with Gasteiger partial charge < -0.3 is 19.8 Å². The molecule has 138 valence electrons. The lowest BCUT2D eigenvalue weighted by atomic mass is 10.2. The lowest BCUT2D eigenvalue weighted by Crippen LogP contribution is -2.39. The second-order valence-corrected chi connectivity index (χ2v) is 6.03. The van der Waals surface area contributed by atoms with E-state index in [0.29, 0.717) is 13.2 Å². The van der Waals surface area contributed by atoms with Crippen molar-refractivity contribution in [1.82, 2.24) is 10.7 Å². The molecule has 9 heteroatoms. The van der Waals surface area contributed by atoms with Crippen molar-refractivity contribution >= 4 is 39.6 Å². The molecule has 2 rings (SSSR count). The Kier molecular flexibility index (Phi) is 7.84. The van der Waals surface area contributed by atoms with Crippen molar-refractivity contribution in [2.24, 2.45) is 5.10 Å². The number of amides is 2. The van der Waals surface area contributed by atoms with Gasteiger partial charge in [0.15, 0.2) is 0 Å². The second kappa shape index (κ2) is 10.4. The molecule has 0 radical (unpaired) electrons. The molecule has 0 spiro atoms. The first-order valence-corrected chi connectivity index (χ1v) is 8.55. The monoisotopic (exact) mass is 422 g/mol. The van der Waals surface area contributed by atoms with Gasteiger partial charge in [0.25, 0.3) is 0 Å². The van der Waals surface area contributed by atoms with Crippen molar-refractivity contribution in [3.05, 3.63) is 52.4 Å². The first kappa shape index (κ1) is 19.7. The highest BCUT2D eigenvalue weighted by molar-refractivity contribution is 9.10. The molecule has 0 saturated carbocycles. The number of ether oxygens (including phenoxy) is 1. The fourth-order valence-electron chi connectivity index (χ4n) is 1.96. The third-order valence-corrected chi connectivity index (χ3v) is 3.71. The predicted molar refractivity (Wildman–Crippen MR) is 101 cm³/mol. The summed E-state index contributed by atoms with van der Waals surface area (Å²) in [5.41, 5.74) is 3.72. The van der Waals surface area contributed by atoms with Crippen LogP contribution in [-0.4, -0.2) is 38.3 Å². The smallest absolute Gasteiger partial charge is 0.329 e. The molecule has 0 fully saturated rings. The molecular formula is C17H19BrN4O4. The molecule has 2 aromatic rings. The molecular weight excluding hydrogens is 404 g/mol. The highest BCUT2D eigenvalue weighted by Gasteiger charge is 2.11. The van der Waals surface area contributed by atoms with Gasteiger partial charge in [-0.25, -0.2) is 5.43 Å². The zero-order chi connectivity index (χ0) is 18.8. The third kappa shape index (κ3) is 6.34. The predicted octanol–water partition coefficient (Wildman–Crippen LogP) is 1.87. The van der Waals surface area contributed by atoms with Crippen LogP contribution >= 0.6 is 15.9 Å². The van der Waals surface area contributed by atoms with Gasteiger partial charge >= 0.3 is 11.8 Å². The van der Waals surface area contributed by atoms with Crippen LogP contribution in [0, 0.1) is 0 Å². The van der Waals surface area contributed by atoms with Crippen molar-refractivity contribution in [2.75, 3.05) is 25.6 Å². The summed E-state index contributed by atoms with van der Waals surface area (Å²) in [4.78, 5) is 23.2. The van der Waals surface area contributed by atoms with Crippen LogP contribution < -0.4 is 16.1 Å². The van der Waals surface area contributed by atoms with Crippen molar-refractivity contribution in [2.45, 2.75) is 6.54 Å². The lowest BCUT2D eigenvalue weighted by Gasteiger charge is -2.09. The minimum absolute atomic E-state index is 0.249. The maximum atomic E-state index is 11.6. The van der Waals surface area contributed by atoms with Gasteiger partial charge in [-0.2, -0.15) is 5.10 Å². The maximum Gasteiger partial charge on any atom is 0.329 e. The van der Waals surface area contributed by atoms with Crippen LogP contribution in [-0.2, 0) is 20.9 Å². The van der Waals surface area contributed by atoms with Gasteiger partial charge in [0.1, 0.15) is 5.76 Å². The van der Waals surface area contributed by atoms with Crippen LogP contribution in [0.25, 0.3) is 0 Å². The zero-order valence-electron chi connectivity index (χ0n) is 14.1. The first-order valence-electron chi connectivity index (χ1n) is 7.76. The summed E-state index contributed by atoms with van der Waals surface area (Å²) in [5.74, 6) is -0.834.